The minimum absolute atomic E-state index is 0.322. The summed E-state index contributed by atoms with van der Waals surface area (Å²) in [6.45, 7) is 1.91. The number of hydrogen-bond acceptors (Lipinski definition) is 4. The van der Waals surface area contributed by atoms with E-state index >= 15 is 0 Å². The Morgan fingerprint density at radius 2 is 1.76 bits per heavy atom. The zero-order valence-corrected chi connectivity index (χ0v) is 22.5. The van der Waals surface area contributed by atoms with Crippen molar-refractivity contribution in [3.8, 4) is 16.9 Å². The van der Waals surface area contributed by atoms with Gasteiger partial charge in [-0.1, -0.05) is 75.6 Å². The normalized spacial score (nSPS) is 11.1. The topological polar surface area (TPSA) is 83.5 Å². The molecule has 1 amide bonds. The first-order valence-corrected chi connectivity index (χ1v) is 12.9. The van der Waals surface area contributed by atoms with E-state index < -0.39 is 11.9 Å². The molecule has 8 heteroatoms. The average Bonchev–Trinajstić information content (AvgIpc) is 3.28. The number of esters is 1. The van der Waals surface area contributed by atoms with Gasteiger partial charge >= 0.3 is 5.97 Å². The molecule has 0 fully saturated rings. The summed E-state index contributed by atoms with van der Waals surface area (Å²) < 4.78 is 6.48. The number of amides is 1. The zero-order valence-electron chi connectivity index (χ0n) is 20.2. The molecular formula is C30H21BrClN3O3. The number of hydrogen-bond donors (Lipinski definition) is 2. The maximum atomic E-state index is 13.3. The lowest BCUT2D eigenvalue weighted by Crippen LogP contribution is -2.19. The molecule has 6 nitrogen and oxygen atoms in total. The maximum Gasteiger partial charge on any atom is 0.343 e. The van der Waals surface area contributed by atoms with Gasteiger partial charge in [0.2, 0.25) is 0 Å². The van der Waals surface area contributed by atoms with Gasteiger partial charge in [0.1, 0.15) is 11.4 Å². The van der Waals surface area contributed by atoms with Crippen molar-refractivity contribution in [3.05, 3.63) is 123 Å². The van der Waals surface area contributed by atoms with Gasteiger partial charge < -0.3 is 9.72 Å². The van der Waals surface area contributed by atoms with Crippen molar-refractivity contribution in [1.29, 1.82) is 0 Å². The highest BCUT2D eigenvalue weighted by Gasteiger charge is 2.21. The molecule has 0 atom stereocenters. The van der Waals surface area contributed by atoms with Gasteiger partial charge in [-0.25, -0.2) is 10.2 Å². The smallest absolute Gasteiger partial charge is 0.343 e. The zero-order chi connectivity index (χ0) is 26.6. The fraction of sp³-hybridized carbons (Fsp3) is 0.0333. The third-order valence-corrected chi connectivity index (χ3v) is 6.70. The van der Waals surface area contributed by atoms with Crippen LogP contribution in [-0.2, 0) is 0 Å². The molecule has 38 heavy (non-hydrogen) atoms. The Morgan fingerprint density at radius 3 is 2.58 bits per heavy atom. The molecule has 0 aliphatic rings. The number of ether oxygens (including phenoxy) is 1. The van der Waals surface area contributed by atoms with Crippen LogP contribution in [0, 0.1) is 6.92 Å². The van der Waals surface area contributed by atoms with Gasteiger partial charge in [0.15, 0.2) is 0 Å². The molecule has 0 saturated heterocycles. The minimum atomic E-state index is -0.479. The lowest BCUT2D eigenvalue weighted by atomic mass is 10.0. The van der Waals surface area contributed by atoms with Crippen molar-refractivity contribution >= 4 is 56.5 Å². The molecule has 5 rings (SSSR count). The number of para-hydroxylation sites is 1. The van der Waals surface area contributed by atoms with Gasteiger partial charge in [-0.3, -0.25) is 4.79 Å². The first-order chi connectivity index (χ1) is 18.4. The third-order valence-electron chi connectivity index (χ3n) is 5.88. The van der Waals surface area contributed by atoms with E-state index in [1.807, 2.05) is 49.4 Å². The summed E-state index contributed by atoms with van der Waals surface area (Å²) in [5, 5.41) is 5.51. The standard InChI is InChI=1S/C30H21BrClN3O3/c1-18-7-6-9-19(15-18)30(37)38-26-12-5-2-8-20(26)17-33-35-29(36)28-27(22-10-3-4-11-24(22)32)23-16-21(31)13-14-25(23)34-28/h2-17,34H,1H3,(H,35,36). The SMILES string of the molecule is Cc1cccc(C(=O)Oc2ccccc2C=NNC(=O)c2[nH]c3ccc(Br)cc3c2-c2ccccc2Cl)c1. The van der Waals surface area contributed by atoms with Crippen LogP contribution in [-0.4, -0.2) is 23.1 Å². The maximum absolute atomic E-state index is 13.3. The number of nitrogens with zero attached hydrogens (tertiary/aromatic N) is 1. The van der Waals surface area contributed by atoms with E-state index in [2.05, 4.69) is 31.4 Å². The number of aryl methyl sites for hydroxylation is 1. The Labute approximate surface area is 232 Å². The number of carbonyl (C=O) groups excluding carboxylic acids is 2. The number of halogens is 2. The molecular weight excluding hydrogens is 566 g/mol. The third kappa shape index (κ3) is 5.39. The second kappa shape index (κ2) is 11.0. The van der Waals surface area contributed by atoms with Crippen molar-refractivity contribution in [1.82, 2.24) is 10.4 Å². The average molecular weight is 587 g/mol. The lowest BCUT2D eigenvalue weighted by Gasteiger charge is -2.08. The first-order valence-electron chi connectivity index (χ1n) is 11.7. The van der Waals surface area contributed by atoms with E-state index in [0.717, 1.165) is 26.5 Å². The van der Waals surface area contributed by atoms with Crippen molar-refractivity contribution in [2.24, 2.45) is 5.10 Å². The molecule has 0 unspecified atom stereocenters. The van der Waals surface area contributed by atoms with Crippen molar-refractivity contribution in [3.63, 3.8) is 0 Å². The highest BCUT2D eigenvalue weighted by atomic mass is 79.9. The van der Waals surface area contributed by atoms with Crippen LogP contribution in [0.2, 0.25) is 5.02 Å². The fourth-order valence-electron chi connectivity index (χ4n) is 4.11. The number of hydrazone groups is 1. The number of benzene rings is 4. The lowest BCUT2D eigenvalue weighted by molar-refractivity contribution is 0.0734. The Balaban J connectivity index is 1.41. The van der Waals surface area contributed by atoms with Crippen molar-refractivity contribution in [2.45, 2.75) is 6.92 Å². The second-order valence-corrected chi connectivity index (χ2v) is 9.86. The van der Waals surface area contributed by atoms with Crippen LogP contribution in [0.25, 0.3) is 22.0 Å². The summed E-state index contributed by atoms with van der Waals surface area (Å²) in [6, 6.07) is 27.2. The van der Waals surface area contributed by atoms with Crippen LogP contribution in [0.1, 0.15) is 32.0 Å². The molecule has 2 N–H and O–H groups in total. The molecule has 4 aromatic carbocycles. The molecule has 188 valence electrons. The summed E-state index contributed by atoms with van der Waals surface area (Å²) in [7, 11) is 0. The molecule has 0 radical (unpaired) electrons. The number of rotatable bonds is 6. The predicted octanol–water partition coefficient (Wildman–Crippen LogP) is 7.54. The Kier molecular flexibility index (Phi) is 7.40. The number of aromatic amines is 1. The summed E-state index contributed by atoms with van der Waals surface area (Å²) in [6.07, 6.45) is 1.44. The van der Waals surface area contributed by atoms with Crippen LogP contribution >= 0.6 is 27.5 Å². The van der Waals surface area contributed by atoms with Gasteiger partial charge in [0.05, 0.1) is 11.8 Å². The summed E-state index contributed by atoms with van der Waals surface area (Å²) in [5.74, 6) is -0.603. The summed E-state index contributed by atoms with van der Waals surface area (Å²) >= 11 is 10.0. The predicted molar refractivity (Wildman–Crippen MR) is 154 cm³/mol. The molecule has 0 aliphatic carbocycles. The molecule has 0 spiro atoms. The minimum Gasteiger partial charge on any atom is -0.422 e. The number of aromatic nitrogens is 1. The number of fused-ring (bicyclic) bond motifs is 1. The van der Waals surface area contributed by atoms with E-state index in [1.54, 1.807) is 48.5 Å². The molecule has 0 aliphatic heterocycles. The summed E-state index contributed by atoms with van der Waals surface area (Å²) in [4.78, 5) is 29.1. The van der Waals surface area contributed by atoms with Crippen molar-refractivity contribution in [2.75, 3.05) is 0 Å². The van der Waals surface area contributed by atoms with Crippen molar-refractivity contribution < 1.29 is 14.3 Å². The van der Waals surface area contributed by atoms with Gasteiger partial charge in [-0.15, -0.1) is 0 Å². The summed E-state index contributed by atoms with van der Waals surface area (Å²) in [5.41, 5.74) is 7.01. The highest BCUT2D eigenvalue weighted by molar-refractivity contribution is 9.10. The molecule has 1 heterocycles. The van der Waals surface area contributed by atoms with Crippen LogP contribution in [0.15, 0.2) is 101 Å². The fourth-order valence-corrected chi connectivity index (χ4v) is 4.70. The van der Waals surface area contributed by atoms with Gasteiger partial charge in [0, 0.05) is 37.1 Å². The van der Waals surface area contributed by atoms with Crippen LogP contribution in [0.4, 0.5) is 0 Å². The monoisotopic (exact) mass is 585 g/mol. The van der Waals surface area contributed by atoms with E-state index in [0.29, 0.717) is 33.2 Å². The number of nitrogens with one attached hydrogen (secondary N) is 2. The van der Waals surface area contributed by atoms with E-state index in [1.165, 1.54) is 6.21 Å². The van der Waals surface area contributed by atoms with Gasteiger partial charge in [-0.2, -0.15) is 5.10 Å². The molecule has 1 aromatic heterocycles. The van der Waals surface area contributed by atoms with Crippen LogP contribution in [0.5, 0.6) is 5.75 Å². The quantitative estimate of drug-likeness (QED) is 0.0933. The largest absolute Gasteiger partial charge is 0.422 e. The molecule has 0 bridgehead atoms. The second-order valence-electron chi connectivity index (χ2n) is 8.54. The highest BCUT2D eigenvalue weighted by Crippen LogP contribution is 2.37. The first kappa shape index (κ1) is 25.4. The Morgan fingerprint density at radius 1 is 0.974 bits per heavy atom. The van der Waals surface area contributed by atoms with Crippen LogP contribution in [0.3, 0.4) is 0 Å². The number of carbonyl (C=O) groups is 2. The van der Waals surface area contributed by atoms with E-state index in [-0.39, 0.29) is 0 Å². The van der Waals surface area contributed by atoms with Gasteiger partial charge in [-0.05, 0) is 55.5 Å². The van der Waals surface area contributed by atoms with E-state index in [9.17, 15) is 9.59 Å². The van der Waals surface area contributed by atoms with Crippen LogP contribution < -0.4 is 10.2 Å². The number of H-pyrrole nitrogens is 1. The Bertz CT molecular complexity index is 1710. The molecule has 0 saturated carbocycles. The Hall–Kier alpha value is -4.20. The van der Waals surface area contributed by atoms with Gasteiger partial charge in [0.25, 0.3) is 5.91 Å². The van der Waals surface area contributed by atoms with E-state index in [4.69, 9.17) is 16.3 Å². The molecule has 5 aromatic rings.